The molecule has 0 aliphatic carbocycles. The fraction of sp³-hybridized carbons (Fsp3) is 0.300. The molecule has 0 radical (unpaired) electrons. The van der Waals surface area contributed by atoms with Gasteiger partial charge in [0.2, 0.25) is 0 Å². The van der Waals surface area contributed by atoms with Gasteiger partial charge in [-0.15, -0.1) is 0 Å². The third kappa shape index (κ3) is 3.96. The number of hydrogen-bond acceptors (Lipinski definition) is 6. The molecule has 7 heteroatoms. The first-order valence-electron chi connectivity index (χ1n) is 8.52. The van der Waals surface area contributed by atoms with Gasteiger partial charge in [-0.05, 0) is 31.5 Å². The number of carbonyl (C=O) groups excluding carboxylic acids is 2. The molecule has 0 spiro atoms. The van der Waals surface area contributed by atoms with Gasteiger partial charge in [0.25, 0.3) is 5.91 Å². The predicted octanol–water partition coefficient (Wildman–Crippen LogP) is 2.23. The van der Waals surface area contributed by atoms with Gasteiger partial charge in [-0.25, -0.2) is 4.79 Å². The van der Waals surface area contributed by atoms with E-state index in [-0.39, 0.29) is 23.1 Å². The maximum atomic E-state index is 12.3. The number of aromatic nitrogens is 1. The molecule has 0 saturated carbocycles. The van der Waals surface area contributed by atoms with Gasteiger partial charge in [-0.3, -0.25) is 9.78 Å². The number of methoxy groups -OCH3 is 1. The van der Waals surface area contributed by atoms with E-state index in [4.69, 9.17) is 9.47 Å². The number of aryl methyl sites for hydroxylation is 1. The van der Waals surface area contributed by atoms with Gasteiger partial charge in [0.05, 0.1) is 42.3 Å². The van der Waals surface area contributed by atoms with Crippen molar-refractivity contribution in [3.05, 3.63) is 52.7 Å². The predicted molar refractivity (Wildman–Crippen MR) is 97.2 cm³/mol. The summed E-state index contributed by atoms with van der Waals surface area (Å²) in [5, 5.41) is 12.4. The summed E-state index contributed by atoms with van der Waals surface area (Å²) in [5.41, 5.74) is 2.66. The molecule has 2 heterocycles. The Morgan fingerprint density at radius 2 is 2.07 bits per heavy atom. The molecule has 1 N–H and O–H groups in total. The lowest BCUT2D eigenvalue weighted by atomic mass is 10.0. The Hall–Kier alpha value is -3.24. The van der Waals surface area contributed by atoms with Crippen LogP contribution in [0, 0.1) is 18.3 Å². The van der Waals surface area contributed by atoms with Crippen molar-refractivity contribution in [3.8, 4) is 17.3 Å². The molecule has 1 atom stereocenters. The summed E-state index contributed by atoms with van der Waals surface area (Å²) in [6.45, 7) is 2.88. The topological polar surface area (TPSA) is 101 Å². The fourth-order valence-electron chi connectivity index (χ4n) is 2.92. The van der Waals surface area contributed by atoms with Gasteiger partial charge in [0, 0.05) is 17.7 Å². The normalized spacial score (nSPS) is 15.8. The van der Waals surface area contributed by atoms with E-state index in [0.717, 1.165) is 6.42 Å². The third-order valence-corrected chi connectivity index (χ3v) is 4.42. The van der Waals surface area contributed by atoms with Gasteiger partial charge in [0.15, 0.2) is 0 Å². The Balaban J connectivity index is 1.86. The molecule has 27 heavy (non-hydrogen) atoms. The molecule has 2 aromatic rings. The van der Waals surface area contributed by atoms with Crippen LogP contribution in [0.3, 0.4) is 0 Å². The van der Waals surface area contributed by atoms with Crippen LogP contribution < -0.4 is 5.32 Å². The summed E-state index contributed by atoms with van der Waals surface area (Å²) in [4.78, 5) is 28.5. The van der Waals surface area contributed by atoms with Crippen LogP contribution in [-0.2, 0) is 9.47 Å². The summed E-state index contributed by atoms with van der Waals surface area (Å²) in [6.07, 6.45) is 0.811. The lowest BCUT2D eigenvalue weighted by Gasteiger charge is -2.12. The Morgan fingerprint density at radius 3 is 2.67 bits per heavy atom. The molecule has 1 aromatic carbocycles. The lowest BCUT2D eigenvalue weighted by molar-refractivity contribution is 0.0599. The molecule has 0 bridgehead atoms. The van der Waals surface area contributed by atoms with Gasteiger partial charge in [-0.2, -0.15) is 5.26 Å². The molecular weight excluding hydrogens is 346 g/mol. The maximum absolute atomic E-state index is 12.3. The largest absolute Gasteiger partial charge is 0.465 e. The molecule has 1 aliphatic heterocycles. The number of nitriles is 1. The van der Waals surface area contributed by atoms with E-state index in [1.54, 1.807) is 31.2 Å². The number of esters is 1. The molecule has 1 fully saturated rings. The summed E-state index contributed by atoms with van der Waals surface area (Å²) < 4.78 is 9.97. The number of carbonyl (C=O) groups is 2. The quantitative estimate of drug-likeness (QED) is 0.834. The van der Waals surface area contributed by atoms with Crippen LogP contribution in [0.2, 0.25) is 0 Å². The number of benzene rings is 1. The van der Waals surface area contributed by atoms with Crippen LogP contribution in [0.5, 0.6) is 0 Å². The highest BCUT2D eigenvalue weighted by Gasteiger charge is 2.19. The zero-order chi connectivity index (χ0) is 19.4. The average molecular weight is 365 g/mol. The maximum Gasteiger partial charge on any atom is 0.339 e. The van der Waals surface area contributed by atoms with E-state index >= 15 is 0 Å². The molecule has 1 amide bonds. The lowest BCUT2D eigenvalue weighted by Crippen LogP contribution is -2.34. The van der Waals surface area contributed by atoms with Crippen molar-refractivity contribution in [2.45, 2.75) is 19.4 Å². The molecule has 7 nitrogen and oxygen atoms in total. The van der Waals surface area contributed by atoms with Crippen molar-refractivity contribution < 1.29 is 19.1 Å². The first kappa shape index (κ1) is 18.5. The molecule has 1 aromatic heterocycles. The minimum Gasteiger partial charge on any atom is -0.465 e. The van der Waals surface area contributed by atoms with Crippen LogP contribution in [0.15, 0.2) is 30.3 Å². The standard InChI is InChI=1S/C20H19N3O4/c1-12-17(20(25)26-2)9-15(10-21)18(22-12)13-3-5-14(6-4-13)19(24)23-16-7-8-27-11-16/h3-6,9,16H,7-8,11H2,1-2H3,(H,23,24)/t16-/m0/s1. The second-order valence-corrected chi connectivity index (χ2v) is 6.23. The van der Waals surface area contributed by atoms with Crippen LogP contribution in [-0.4, -0.2) is 43.2 Å². The van der Waals surface area contributed by atoms with Crippen molar-refractivity contribution in [2.24, 2.45) is 0 Å². The minimum atomic E-state index is -0.536. The van der Waals surface area contributed by atoms with Crippen LogP contribution >= 0.6 is 0 Å². The molecule has 3 rings (SSSR count). The SMILES string of the molecule is COC(=O)c1cc(C#N)c(-c2ccc(C(=O)N[C@H]3CCOC3)cc2)nc1C. The Bertz CT molecular complexity index is 910. The number of nitrogens with zero attached hydrogens (tertiary/aromatic N) is 2. The molecule has 1 saturated heterocycles. The highest BCUT2D eigenvalue weighted by molar-refractivity contribution is 5.95. The highest BCUT2D eigenvalue weighted by atomic mass is 16.5. The molecule has 138 valence electrons. The second-order valence-electron chi connectivity index (χ2n) is 6.23. The van der Waals surface area contributed by atoms with Gasteiger partial charge in [-0.1, -0.05) is 12.1 Å². The van der Waals surface area contributed by atoms with Crippen LogP contribution in [0.25, 0.3) is 11.3 Å². The van der Waals surface area contributed by atoms with Gasteiger partial charge >= 0.3 is 5.97 Å². The van der Waals surface area contributed by atoms with Gasteiger partial charge in [0.1, 0.15) is 6.07 Å². The third-order valence-electron chi connectivity index (χ3n) is 4.42. The zero-order valence-electron chi connectivity index (χ0n) is 15.1. The Morgan fingerprint density at radius 1 is 1.33 bits per heavy atom. The summed E-state index contributed by atoms with van der Waals surface area (Å²) in [5.74, 6) is -0.700. The molecular formula is C20H19N3O4. The molecule has 1 aliphatic rings. The Kier molecular flexibility index (Phi) is 5.48. The summed E-state index contributed by atoms with van der Waals surface area (Å²) in [7, 11) is 1.28. The van der Waals surface area contributed by atoms with Crippen molar-refractivity contribution in [1.82, 2.24) is 10.3 Å². The highest BCUT2D eigenvalue weighted by Crippen LogP contribution is 2.24. The number of hydrogen-bond donors (Lipinski definition) is 1. The van der Waals surface area contributed by atoms with Crippen LogP contribution in [0.1, 0.15) is 38.4 Å². The van der Waals surface area contributed by atoms with E-state index < -0.39 is 5.97 Å². The van der Waals surface area contributed by atoms with E-state index in [1.165, 1.54) is 13.2 Å². The summed E-state index contributed by atoms with van der Waals surface area (Å²) >= 11 is 0. The number of pyridine rings is 1. The number of rotatable bonds is 4. The van der Waals surface area contributed by atoms with Crippen molar-refractivity contribution >= 4 is 11.9 Å². The minimum absolute atomic E-state index is 0.0394. The van der Waals surface area contributed by atoms with Crippen molar-refractivity contribution in [1.29, 1.82) is 5.26 Å². The van der Waals surface area contributed by atoms with Crippen molar-refractivity contribution in [3.63, 3.8) is 0 Å². The van der Waals surface area contributed by atoms with Crippen LogP contribution in [0.4, 0.5) is 0 Å². The smallest absolute Gasteiger partial charge is 0.339 e. The summed E-state index contributed by atoms with van der Waals surface area (Å²) in [6, 6.07) is 10.4. The molecule has 0 unspecified atom stereocenters. The Labute approximate surface area is 156 Å². The first-order chi connectivity index (χ1) is 13.0. The van der Waals surface area contributed by atoms with E-state index in [0.29, 0.717) is 35.7 Å². The van der Waals surface area contributed by atoms with Crippen molar-refractivity contribution in [2.75, 3.05) is 20.3 Å². The zero-order valence-corrected chi connectivity index (χ0v) is 15.1. The number of ether oxygens (including phenoxy) is 2. The monoisotopic (exact) mass is 365 g/mol. The van der Waals surface area contributed by atoms with E-state index in [1.807, 2.05) is 0 Å². The van der Waals surface area contributed by atoms with Gasteiger partial charge < -0.3 is 14.8 Å². The van der Waals surface area contributed by atoms with E-state index in [2.05, 4.69) is 16.4 Å². The first-order valence-corrected chi connectivity index (χ1v) is 8.52. The average Bonchev–Trinajstić information content (AvgIpc) is 3.20. The number of nitrogens with one attached hydrogen (secondary N) is 1. The second kappa shape index (κ2) is 7.98. The van der Waals surface area contributed by atoms with E-state index in [9.17, 15) is 14.9 Å². The number of amides is 1. The fourth-order valence-corrected chi connectivity index (χ4v) is 2.92.